The fraction of sp³-hybridized carbons (Fsp3) is 0.474. The van der Waals surface area contributed by atoms with Gasteiger partial charge in [0.25, 0.3) is 5.91 Å². The highest BCUT2D eigenvalue weighted by atomic mass is 16.5. The van der Waals surface area contributed by atoms with Crippen molar-refractivity contribution in [2.45, 2.75) is 45.6 Å². The highest BCUT2D eigenvalue weighted by molar-refractivity contribution is 6.02. The van der Waals surface area contributed by atoms with Crippen LogP contribution in [0.4, 0.5) is 0 Å². The van der Waals surface area contributed by atoms with E-state index in [0.29, 0.717) is 24.7 Å². The highest BCUT2D eigenvalue weighted by Crippen LogP contribution is 2.29. The maximum Gasteiger partial charge on any atom is 0.262 e. The van der Waals surface area contributed by atoms with Gasteiger partial charge in [-0.05, 0) is 50.0 Å². The van der Waals surface area contributed by atoms with E-state index < -0.39 is 0 Å². The summed E-state index contributed by atoms with van der Waals surface area (Å²) in [6, 6.07) is 7.64. The van der Waals surface area contributed by atoms with Crippen molar-refractivity contribution in [2.24, 2.45) is 0 Å². The summed E-state index contributed by atoms with van der Waals surface area (Å²) in [6.45, 7) is 5.17. The molecule has 1 saturated carbocycles. The minimum Gasteiger partial charge on any atom is -0.490 e. The standard InChI is InChI=1S/C19H24N2O3/c1-3-5-10-24-17-9-6-14(12-18(17)23-4-2)11-15(13-20)19(22)21-16-7-8-16/h6,9,11-12,16H,3-5,7-8,10H2,1-2H3,(H,21,22)/b15-11+. The molecule has 24 heavy (non-hydrogen) atoms. The first-order chi connectivity index (χ1) is 11.7. The molecule has 0 aliphatic heterocycles. The van der Waals surface area contributed by atoms with Gasteiger partial charge >= 0.3 is 0 Å². The maximum absolute atomic E-state index is 12.0. The molecule has 0 bridgehead atoms. The number of nitrogens with zero attached hydrogens (tertiary/aromatic N) is 1. The molecule has 1 aromatic rings. The molecule has 5 nitrogen and oxygen atoms in total. The molecule has 128 valence electrons. The molecule has 1 aromatic carbocycles. The van der Waals surface area contributed by atoms with Gasteiger partial charge < -0.3 is 14.8 Å². The quantitative estimate of drug-likeness (QED) is 0.428. The van der Waals surface area contributed by atoms with Crippen LogP contribution in [-0.2, 0) is 4.79 Å². The lowest BCUT2D eigenvalue weighted by molar-refractivity contribution is -0.117. The van der Waals surface area contributed by atoms with Crippen molar-refractivity contribution >= 4 is 12.0 Å². The number of amides is 1. The predicted molar refractivity (Wildman–Crippen MR) is 92.8 cm³/mol. The number of hydrogen-bond donors (Lipinski definition) is 1. The second kappa shape index (κ2) is 8.97. The average molecular weight is 328 g/mol. The Morgan fingerprint density at radius 2 is 2.12 bits per heavy atom. The third-order valence-corrected chi connectivity index (χ3v) is 3.61. The average Bonchev–Trinajstić information content (AvgIpc) is 3.38. The van der Waals surface area contributed by atoms with Crippen LogP contribution in [0.25, 0.3) is 6.08 Å². The molecule has 0 unspecified atom stereocenters. The van der Waals surface area contributed by atoms with E-state index in [2.05, 4.69) is 12.2 Å². The Hall–Kier alpha value is -2.48. The van der Waals surface area contributed by atoms with E-state index in [9.17, 15) is 10.1 Å². The van der Waals surface area contributed by atoms with Gasteiger partial charge in [0.2, 0.25) is 0 Å². The zero-order chi connectivity index (χ0) is 17.4. The molecule has 0 spiro atoms. The number of hydrogen-bond acceptors (Lipinski definition) is 4. The number of unbranched alkanes of at least 4 members (excludes halogenated alkanes) is 1. The normalized spacial score (nSPS) is 14.0. The lowest BCUT2D eigenvalue weighted by Gasteiger charge is -2.12. The first kappa shape index (κ1) is 17.9. The van der Waals surface area contributed by atoms with Crippen molar-refractivity contribution in [3.05, 3.63) is 29.3 Å². The van der Waals surface area contributed by atoms with Gasteiger partial charge in [-0.1, -0.05) is 19.4 Å². The first-order valence-electron chi connectivity index (χ1n) is 8.50. The number of rotatable bonds is 9. The predicted octanol–water partition coefficient (Wildman–Crippen LogP) is 3.45. The fourth-order valence-electron chi connectivity index (χ4n) is 2.13. The number of carbonyl (C=O) groups excluding carboxylic acids is 1. The molecule has 0 heterocycles. The third kappa shape index (κ3) is 5.31. The second-order valence-electron chi connectivity index (χ2n) is 5.76. The molecule has 5 heteroatoms. The molecule has 0 aromatic heterocycles. The lowest BCUT2D eigenvalue weighted by atomic mass is 10.1. The van der Waals surface area contributed by atoms with E-state index in [-0.39, 0.29) is 17.5 Å². The van der Waals surface area contributed by atoms with Gasteiger partial charge in [0.1, 0.15) is 11.6 Å². The summed E-state index contributed by atoms with van der Waals surface area (Å²) in [4.78, 5) is 12.0. The topological polar surface area (TPSA) is 71.3 Å². The van der Waals surface area contributed by atoms with Crippen LogP contribution in [0.3, 0.4) is 0 Å². The van der Waals surface area contributed by atoms with E-state index in [0.717, 1.165) is 31.2 Å². The smallest absolute Gasteiger partial charge is 0.262 e. The fourth-order valence-corrected chi connectivity index (χ4v) is 2.13. The zero-order valence-electron chi connectivity index (χ0n) is 14.3. The Kier molecular flexibility index (Phi) is 6.68. The Bertz CT molecular complexity index is 643. The number of nitriles is 1. The maximum atomic E-state index is 12.0. The summed E-state index contributed by atoms with van der Waals surface area (Å²) in [5, 5.41) is 12.1. The summed E-state index contributed by atoms with van der Waals surface area (Å²) in [6.07, 6.45) is 5.60. The van der Waals surface area contributed by atoms with Crippen LogP contribution in [-0.4, -0.2) is 25.2 Å². The molecular weight excluding hydrogens is 304 g/mol. The van der Waals surface area contributed by atoms with Crippen LogP contribution in [0, 0.1) is 11.3 Å². The summed E-state index contributed by atoms with van der Waals surface area (Å²) in [5.41, 5.74) is 0.841. The van der Waals surface area contributed by atoms with E-state index in [1.165, 1.54) is 0 Å². The van der Waals surface area contributed by atoms with E-state index >= 15 is 0 Å². The molecule has 1 fully saturated rings. The monoisotopic (exact) mass is 328 g/mol. The van der Waals surface area contributed by atoms with Gasteiger partial charge in [0, 0.05) is 6.04 Å². The van der Waals surface area contributed by atoms with Crippen molar-refractivity contribution in [1.82, 2.24) is 5.32 Å². The van der Waals surface area contributed by atoms with E-state index in [4.69, 9.17) is 9.47 Å². The molecule has 0 saturated heterocycles. The van der Waals surface area contributed by atoms with E-state index in [1.54, 1.807) is 12.1 Å². The van der Waals surface area contributed by atoms with Crippen LogP contribution in [0.5, 0.6) is 11.5 Å². The third-order valence-electron chi connectivity index (χ3n) is 3.61. The Balaban J connectivity index is 2.16. The number of carbonyl (C=O) groups is 1. The highest BCUT2D eigenvalue weighted by Gasteiger charge is 2.24. The second-order valence-corrected chi connectivity index (χ2v) is 5.76. The molecule has 2 rings (SSSR count). The Morgan fingerprint density at radius 1 is 1.33 bits per heavy atom. The largest absolute Gasteiger partial charge is 0.490 e. The number of benzene rings is 1. The Morgan fingerprint density at radius 3 is 2.75 bits per heavy atom. The minimum absolute atomic E-state index is 0.101. The van der Waals surface area contributed by atoms with Crippen molar-refractivity contribution in [1.29, 1.82) is 5.26 Å². The van der Waals surface area contributed by atoms with Crippen LogP contribution >= 0.6 is 0 Å². The van der Waals surface area contributed by atoms with Gasteiger partial charge in [-0.25, -0.2) is 0 Å². The van der Waals surface area contributed by atoms with Crippen molar-refractivity contribution in [2.75, 3.05) is 13.2 Å². The Labute approximate surface area is 143 Å². The minimum atomic E-state index is -0.318. The molecule has 1 aliphatic carbocycles. The summed E-state index contributed by atoms with van der Waals surface area (Å²) in [7, 11) is 0. The van der Waals surface area contributed by atoms with Crippen molar-refractivity contribution in [3.8, 4) is 17.6 Å². The van der Waals surface area contributed by atoms with Gasteiger partial charge in [-0.3, -0.25) is 4.79 Å². The number of ether oxygens (including phenoxy) is 2. The van der Waals surface area contributed by atoms with Crippen LogP contribution in [0.2, 0.25) is 0 Å². The van der Waals surface area contributed by atoms with Crippen LogP contribution < -0.4 is 14.8 Å². The first-order valence-corrected chi connectivity index (χ1v) is 8.50. The van der Waals surface area contributed by atoms with Gasteiger partial charge in [-0.15, -0.1) is 0 Å². The van der Waals surface area contributed by atoms with E-state index in [1.807, 2.05) is 25.1 Å². The summed E-state index contributed by atoms with van der Waals surface area (Å²) in [5.74, 6) is 0.992. The zero-order valence-corrected chi connectivity index (χ0v) is 14.3. The molecular formula is C19H24N2O3. The van der Waals surface area contributed by atoms with Gasteiger partial charge in [0.15, 0.2) is 11.5 Å². The molecule has 1 amide bonds. The van der Waals surface area contributed by atoms with Crippen molar-refractivity contribution < 1.29 is 14.3 Å². The van der Waals surface area contributed by atoms with Crippen LogP contribution in [0.15, 0.2) is 23.8 Å². The SMILES string of the molecule is CCCCOc1ccc(/C=C(\C#N)C(=O)NC2CC2)cc1OCC. The summed E-state index contributed by atoms with van der Waals surface area (Å²) >= 11 is 0. The van der Waals surface area contributed by atoms with Crippen molar-refractivity contribution in [3.63, 3.8) is 0 Å². The lowest BCUT2D eigenvalue weighted by Crippen LogP contribution is -2.26. The summed E-state index contributed by atoms with van der Waals surface area (Å²) < 4.78 is 11.4. The molecule has 1 N–H and O–H groups in total. The molecule has 0 radical (unpaired) electrons. The van der Waals surface area contributed by atoms with Crippen LogP contribution in [0.1, 0.15) is 45.1 Å². The molecule has 1 aliphatic rings. The van der Waals surface area contributed by atoms with Gasteiger partial charge in [0.05, 0.1) is 13.2 Å². The molecule has 0 atom stereocenters. The van der Waals surface area contributed by atoms with Gasteiger partial charge in [-0.2, -0.15) is 5.26 Å². The number of nitrogens with one attached hydrogen (secondary N) is 1.